The maximum absolute atomic E-state index is 11.6. The van der Waals surface area contributed by atoms with Crippen molar-refractivity contribution in [2.45, 2.75) is 19.4 Å². The zero-order valence-electron chi connectivity index (χ0n) is 8.38. The SMILES string of the molecule is COC(C)CC(=O)N1CCNCC1. The van der Waals surface area contributed by atoms with Crippen molar-refractivity contribution in [2.24, 2.45) is 0 Å². The molecule has 0 bridgehead atoms. The summed E-state index contributed by atoms with van der Waals surface area (Å²) >= 11 is 0. The molecule has 1 atom stereocenters. The van der Waals surface area contributed by atoms with E-state index in [2.05, 4.69) is 5.32 Å². The maximum atomic E-state index is 11.6. The fraction of sp³-hybridized carbons (Fsp3) is 0.889. The van der Waals surface area contributed by atoms with Crippen LogP contribution in [0.15, 0.2) is 0 Å². The fourth-order valence-corrected chi connectivity index (χ4v) is 1.37. The van der Waals surface area contributed by atoms with E-state index in [1.165, 1.54) is 0 Å². The molecule has 1 N–H and O–H groups in total. The van der Waals surface area contributed by atoms with Gasteiger partial charge in [0.2, 0.25) is 5.91 Å². The predicted octanol–water partition coefficient (Wildman–Crippen LogP) is -0.157. The first kappa shape index (κ1) is 10.5. The summed E-state index contributed by atoms with van der Waals surface area (Å²) < 4.78 is 5.05. The highest BCUT2D eigenvalue weighted by Gasteiger charge is 2.17. The topological polar surface area (TPSA) is 41.6 Å². The van der Waals surface area contributed by atoms with Gasteiger partial charge >= 0.3 is 0 Å². The van der Waals surface area contributed by atoms with E-state index in [0.29, 0.717) is 6.42 Å². The first-order valence-electron chi connectivity index (χ1n) is 4.75. The van der Waals surface area contributed by atoms with Crippen molar-refractivity contribution in [3.8, 4) is 0 Å². The molecule has 4 heteroatoms. The van der Waals surface area contributed by atoms with Crippen LogP contribution in [0.4, 0.5) is 0 Å². The lowest BCUT2D eigenvalue weighted by molar-refractivity contribution is -0.134. The zero-order chi connectivity index (χ0) is 9.68. The van der Waals surface area contributed by atoms with Crippen molar-refractivity contribution in [2.75, 3.05) is 33.3 Å². The molecule has 0 aromatic rings. The van der Waals surface area contributed by atoms with E-state index in [1.54, 1.807) is 7.11 Å². The lowest BCUT2D eigenvalue weighted by atomic mass is 10.2. The third-order valence-electron chi connectivity index (χ3n) is 2.33. The van der Waals surface area contributed by atoms with Crippen LogP contribution in [0, 0.1) is 0 Å². The standard InChI is InChI=1S/C9H18N2O2/c1-8(13-2)7-9(12)11-5-3-10-4-6-11/h8,10H,3-7H2,1-2H3. The van der Waals surface area contributed by atoms with Crippen LogP contribution in [-0.4, -0.2) is 50.2 Å². The van der Waals surface area contributed by atoms with Crippen molar-refractivity contribution in [3.63, 3.8) is 0 Å². The van der Waals surface area contributed by atoms with Gasteiger partial charge in [-0.2, -0.15) is 0 Å². The van der Waals surface area contributed by atoms with E-state index < -0.39 is 0 Å². The molecule has 1 amide bonds. The average Bonchev–Trinajstić information content (AvgIpc) is 2.19. The minimum atomic E-state index is 0.0300. The molecule has 1 heterocycles. The number of methoxy groups -OCH3 is 1. The van der Waals surface area contributed by atoms with Crippen LogP contribution in [0.3, 0.4) is 0 Å². The van der Waals surface area contributed by atoms with Crippen molar-refractivity contribution >= 4 is 5.91 Å². The Morgan fingerprint density at radius 3 is 2.69 bits per heavy atom. The first-order chi connectivity index (χ1) is 6.24. The molecule has 1 unspecified atom stereocenters. The molecule has 0 spiro atoms. The van der Waals surface area contributed by atoms with E-state index in [4.69, 9.17) is 4.74 Å². The summed E-state index contributed by atoms with van der Waals surface area (Å²) in [6.45, 7) is 5.39. The van der Waals surface area contributed by atoms with Crippen molar-refractivity contribution in [3.05, 3.63) is 0 Å². The molecule has 0 aromatic carbocycles. The van der Waals surface area contributed by atoms with Crippen LogP contribution in [0.1, 0.15) is 13.3 Å². The summed E-state index contributed by atoms with van der Waals surface area (Å²) in [6.07, 6.45) is 0.527. The highest BCUT2D eigenvalue weighted by atomic mass is 16.5. The van der Waals surface area contributed by atoms with Gasteiger partial charge in [-0.05, 0) is 6.92 Å². The Hall–Kier alpha value is -0.610. The first-order valence-corrected chi connectivity index (χ1v) is 4.75. The van der Waals surface area contributed by atoms with E-state index in [9.17, 15) is 4.79 Å². The second kappa shape index (κ2) is 5.19. The largest absolute Gasteiger partial charge is 0.381 e. The number of carbonyl (C=O) groups is 1. The Morgan fingerprint density at radius 2 is 2.15 bits per heavy atom. The van der Waals surface area contributed by atoms with E-state index in [-0.39, 0.29) is 12.0 Å². The van der Waals surface area contributed by atoms with Gasteiger partial charge in [0, 0.05) is 33.3 Å². The summed E-state index contributed by atoms with van der Waals surface area (Å²) in [4.78, 5) is 13.5. The Bertz CT molecular complexity index is 167. The van der Waals surface area contributed by atoms with Gasteiger partial charge in [-0.15, -0.1) is 0 Å². The second-order valence-electron chi connectivity index (χ2n) is 3.38. The third kappa shape index (κ3) is 3.32. The lowest BCUT2D eigenvalue weighted by Crippen LogP contribution is -2.47. The van der Waals surface area contributed by atoms with Crippen molar-refractivity contribution in [1.29, 1.82) is 0 Å². The molecule has 1 aliphatic rings. The number of hydrogen-bond donors (Lipinski definition) is 1. The predicted molar refractivity (Wildman–Crippen MR) is 50.5 cm³/mol. The molecule has 1 rings (SSSR count). The average molecular weight is 186 g/mol. The van der Waals surface area contributed by atoms with Crippen LogP contribution >= 0.6 is 0 Å². The number of carbonyl (C=O) groups excluding carboxylic acids is 1. The molecule has 0 radical (unpaired) electrons. The van der Waals surface area contributed by atoms with Gasteiger partial charge in [0.15, 0.2) is 0 Å². The number of piperazine rings is 1. The molecular formula is C9H18N2O2. The summed E-state index contributed by atoms with van der Waals surface area (Å²) in [5.41, 5.74) is 0. The molecule has 0 saturated carbocycles. The smallest absolute Gasteiger partial charge is 0.225 e. The van der Waals surface area contributed by atoms with Crippen LogP contribution in [0.25, 0.3) is 0 Å². The quantitative estimate of drug-likeness (QED) is 0.666. The molecule has 1 aliphatic heterocycles. The minimum absolute atomic E-state index is 0.0300. The van der Waals surface area contributed by atoms with Gasteiger partial charge in [-0.1, -0.05) is 0 Å². The lowest BCUT2D eigenvalue weighted by Gasteiger charge is -2.28. The van der Waals surface area contributed by atoms with E-state index in [0.717, 1.165) is 26.2 Å². The van der Waals surface area contributed by atoms with Gasteiger partial charge in [0.05, 0.1) is 12.5 Å². The van der Waals surface area contributed by atoms with Gasteiger partial charge < -0.3 is 15.0 Å². The highest BCUT2D eigenvalue weighted by Crippen LogP contribution is 2.02. The summed E-state index contributed by atoms with van der Waals surface area (Å²) in [5, 5.41) is 3.21. The van der Waals surface area contributed by atoms with Crippen LogP contribution in [0.2, 0.25) is 0 Å². The molecule has 1 saturated heterocycles. The zero-order valence-corrected chi connectivity index (χ0v) is 8.38. The fourth-order valence-electron chi connectivity index (χ4n) is 1.37. The van der Waals surface area contributed by atoms with Crippen LogP contribution in [0.5, 0.6) is 0 Å². The minimum Gasteiger partial charge on any atom is -0.381 e. The van der Waals surface area contributed by atoms with Gasteiger partial charge in [-0.3, -0.25) is 4.79 Å². The number of ether oxygens (including phenoxy) is 1. The highest BCUT2D eigenvalue weighted by molar-refractivity contribution is 5.76. The summed E-state index contributed by atoms with van der Waals surface area (Å²) in [6, 6.07) is 0. The monoisotopic (exact) mass is 186 g/mol. The second-order valence-corrected chi connectivity index (χ2v) is 3.38. The number of nitrogens with one attached hydrogen (secondary N) is 1. The number of amides is 1. The van der Waals surface area contributed by atoms with Crippen molar-refractivity contribution in [1.82, 2.24) is 10.2 Å². The van der Waals surface area contributed by atoms with Gasteiger partial charge in [0.25, 0.3) is 0 Å². The van der Waals surface area contributed by atoms with Crippen molar-refractivity contribution < 1.29 is 9.53 Å². The van der Waals surface area contributed by atoms with Crippen LogP contribution < -0.4 is 5.32 Å². The number of nitrogens with zero attached hydrogens (tertiary/aromatic N) is 1. The molecule has 13 heavy (non-hydrogen) atoms. The molecule has 0 aliphatic carbocycles. The molecule has 76 valence electrons. The molecular weight excluding hydrogens is 168 g/mol. The van der Waals surface area contributed by atoms with E-state index in [1.807, 2.05) is 11.8 Å². The Labute approximate surface area is 79.2 Å². The van der Waals surface area contributed by atoms with Gasteiger partial charge in [0.1, 0.15) is 0 Å². The Kier molecular flexibility index (Phi) is 4.18. The Balaban J connectivity index is 2.29. The molecule has 1 fully saturated rings. The summed E-state index contributed by atoms with van der Waals surface area (Å²) in [7, 11) is 1.63. The Morgan fingerprint density at radius 1 is 1.54 bits per heavy atom. The molecule has 4 nitrogen and oxygen atoms in total. The van der Waals surface area contributed by atoms with Gasteiger partial charge in [-0.25, -0.2) is 0 Å². The molecule has 0 aromatic heterocycles. The summed E-state index contributed by atoms with van der Waals surface area (Å²) in [5.74, 6) is 0.204. The maximum Gasteiger partial charge on any atom is 0.225 e. The van der Waals surface area contributed by atoms with E-state index >= 15 is 0 Å². The number of hydrogen-bond acceptors (Lipinski definition) is 3. The van der Waals surface area contributed by atoms with Crippen LogP contribution in [-0.2, 0) is 9.53 Å². The third-order valence-corrected chi connectivity index (χ3v) is 2.33. The number of rotatable bonds is 3. The normalized spacial score (nSPS) is 20.0.